The highest BCUT2D eigenvalue weighted by Gasteiger charge is 2.34. The predicted molar refractivity (Wildman–Crippen MR) is 78.0 cm³/mol. The molecule has 98 valence electrons. The Bertz CT molecular complexity index is 326. The van der Waals surface area contributed by atoms with Crippen molar-refractivity contribution in [2.45, 2.75) is 61.8 Å². The van der Waals surface area contributed by atoms with Crippen LogP contribution in [0, 0.1) is 22.7 Å². The van der Waals surface area contributed by atoms with E-state index in [4.69, 9.17) is 0 Å². The van der Waals surface area contributed by atoms with E-state index in [0.717, 1.165) is 0 Å². The lowest BCUT2D eigenvalue weighted by Gasteiger charge is -2.40. The summed E-state index contributed by atoms with van der Waals surface area (Å²) in [6.45, 7) is 18.8. The molecule has 17 heavy (non-hydrogen) atoms. The summed E-state index contributed by atoms with van der Waals surface area (Å²) >= 11 is 0. The van der Waals surface area contributed by atoms with Gasteiger partial charge in [0, 0.05) is 0 Å². The van der Waals surface area contributed by atoms with Crippen molar-refractivity contribution in [3.05, 3.63) is 23.3 Å². The Labute approximate surface area is 108 Å². The first-order valence-electron chi connectivity index (χ1n) is 6.96. The fraction of sp³-hybridized carbons (Fsp3) is 0.765. The summed E-state index contributed by atoms with van der Waals surface area (Å²) in [5.74, 6) is 1.35. The lowest BCUT2D eigenvalue weighted by atomic mass is 9.65. The van der Waals surface area contributed by atoms with E-state index < -0.39 is 0 Å². The van der Waals surface area contributed by atoms with Crippen LogP contribution in [0.3, 0.4) is 0 Å². The molecule has 0 heterocycles. The van der Waals surface area contributed by atoms with Crippen molar-refractivity contribution in [3.63, 3.8) is 0 Å². The molecule has 1 unspecified atom stereocenters. The molecular weight excluding hydrogens is 204 g/mol. The van der Waals surface area contributed by atoms with Crippen molar-refractivity contribution in [2.75, 3.05) is 0 Å². The van der Waals surface area contributed by atoms with E-state index in [1.807, 2.05) is 0 Å². The fourth-order valence-electron chi connectivity index (χ4n) is 2.95. The lowest BCUT2D eigenvalue weighted by molar-refractivity contribution is 0.257. The van der Waals surface area contributed by atoms with Gasteiger partial charge in [-0.25, -0.2) is 0 Å². The van der Waals surface area contributed by atoms with Gasteiger partial charge in [0.05, 0.1) is 0 Å². The Balaban J connectivity index is 3.32. The third-order valence-corrected chi connectivity index (χ3v) is 3.82. The van der Waals surface area contributed by atoms with Crippen LogP contribution in [0.1, 0.15) is 61.8 Å². The standard InChI is InChI=1S/C17H30/c1-12(2)15-13(16(3,4)5)10-9-11-14(15)17(6,7)8/h9-10,12,14H,11H2,1-8H3. The van der Waals surface area contributed by atoms with Crippen molar-refractivity contribution in [3.8, 4) is 0 Å². The van der Waals surface area contributed by atoms with Crippen molar-refractivity contribution in [1.29, 1.82) is 0 Å². The van der Waals surface area contributed by atoms with Crippen LogP contribution in [0.5, 0.6) is 0 Å². The van der Waals surface area contributed by atoms with Crippen LogP contribution < -0.4 is 0 Å². The molecule has 0 nitrogen and oxygen atoms in total. The van der Waals surface area contributed by atoms with Crippen LogP contribution in [0.15, 0.2) is 23.3 Å². The SMILES string of the molecule is CC(C)C1=C(C(C)(C)C)C=CCC1C(C)(C)C. The maximum atomic E-state index is 2.38. The molecule has 0 aromatic rings. The molecule has 0 saturated heterocycles. The summed E-state index contributed by atoms with van der Waals surface area (Å²) in [6, 6.07) is 0. The smallest absolute Gasteiger partial charge is 0.0111 e. The number of rotatable bonds is 1. The summed E-state index contributed by atoms with van der Waals surface area (Å²) in [7, 11) is 0. The Morgan fingerprint density at radius 2 is 1.59 bits per heavy atom. The second-order valence-electron chi connectivity index (χ2n) is 7.83. The Morgan fingerprint density at radius 1 is 1.06 bits per heavy atom. The molecule has 0 radical (unpaired) electrons. The van der Waals surface area contributed by atoms with Crippen LogP contribution in [-0.4, -0.2) is 0 Å². The molecule has 1 aliphatic rings. The molecule has 0 heteroatoms. The van der Waals surface area contributed by atoms with E-state index in [1.165, 1.54) is 6.42 Å². The lowest BCUT2D eigenvalue weighted by Crippen LogP contribution is -2.29. The molecule has 0 saturated carbocycles. The summed E-state index contributed by atoms with van der Waals surface area (Å²) in [5.41, 5.74) is 3.88. The monoisotopic (exact) mass is 234 g/mol. The van der Waals surface area contributed by atoms with Crippen LogP contribution in [-0.2, 0) is 0 Å². The van der Waals surface area contributed by atoms with E-state index in [2.05, 4.69) is 67.5 Å². The molecule has 1 aliphatic carbocycles. The van der Waals surface area contributed by atoms with Crippen molar-refractivity contribution >= 4 is 0 Å². The van der Waals surface area contributed by atoms with Gasteiger partial charge in [0.25, 0.3) is 0 Å². The highest BCUT2D eigenvalue weighted by molar-refractivity contribution is 5.37. The van der Waals surface area contributed by atoms with Gasteiger partial charge >= 0.3 is 0 Å². The van der Waals surface area contributed by atoms with Crippen LogP contribution in [0.4, 0.5) is 0 Å². The molecule has 0 amide bonds. The van der Waals surface area contributed by atoms with Crippen LogP contribution in [0.25, 0.3) is 0 Å². The highest BCUT2D eigenvalue weighted by atomic mass is 14.4. The molecule has 0 bridgehead atoms. The normalized spacial score (nSPS) is 22.5. The van der Waals surface area contributed by atoms with Gasteiger partial charge in [-0.15, -0.1) is 0 Å². The largest absolute Gasteiger partial charge is 0.0836 e. The van der Waals surface area contributed by atoms with E-state index in [-0.39, 0.29) is 5.41 Å². The molecule has 0 aromatic carbocycles. The first-order chi connectivity index (χ1) is 7.55. The average Bonchev–Trinajstić information content (AvgIpc) is 2.13. The first-order valence-corrected chi connectivity index (χ1v) is 6.96. The van der Waals surface area contributed by atoms with Gasteiger partial charge in [-0.2, -0.15) is 0 Å². The molecule has 0 spiro atoms. The van der Waals surface area contributed by atoms with E-state index in [1.54, 1.807) is 11.1 Å². The van der Waals surface area contributed by atoms with Gasteiger partial charge in [0.15, 0.2) is 0 Å². The minimum atomic E-state index is 0.264. The first kappa shape index (κ1) is 14.5. The van der Waals surface area contributed by atoms with Crippen LogP contribution in [0.2, 0.25) is 0 Å². The molecule has 0 aromatic heterocycles. The zero-order valence-corrected chi connectivity index (χ0v) is 13.0. The average molecular weight is 234 g/mol. The summed E-state index contributed by atoms with van der Waals surface area (Å²) in [5, 5.41) is 0. The van der Waals surface area contributed by atoms with Gasteiger partial charge in [-0.1, -0.05) is 73.1 Å². The number of hydrogen-bond acceptors (Lipinski definition) is 0. The molecule has 0 fully saturated rings. The number of hydrogen-bond donors (Lipinski definition) is 0. The minimum Gasteiger partial charge on any atom is -0.0836 e. The van der Waals surface area contributed by atoms with Crippen molar-refractivity contribution in [1.82, 2.24) is 0 Å². The number of allylic oxidation sites excluding steroid dienone is 4. The Kier molecular flexibility index (Phi) is 3.96. The second-order valence-corrected chi connectivity index (χ2v) is 7.83. The molecule has 1 atom stereocenters. The Morgan fingerprint density at radius 3 is 1.94 bits per heavy atom. The fourth-order valence-corrected chi connectivity index (χ4v) is 2.95. The van der Waals surface area contributed by atoms with Gasteiger partial charge < -0.3 is 0 Å². The quantitative estimate of drug-likeness (QED) is 0.553. The third-order valence-electron chi connectivity index (χ3n) is 3.82. The maximum Gasteiger partial charge on any atom is -0.0111 e. The van der Waals surface area contributed by atoms with Gasteiger partial charge in [0.1, 0.15) is 0 Å². The molecule has 0 N–H and O–H groups in total. The second kappa shape index (κ2) is 4.63. The summed E-state index contributed by atoms with van der Waals surface area (Å²) < 4.78 is 0. The van der Waals surface area contributed by atoms with E-state index in [0.29, 0.717) is 17.3 Å². The molecule has 0 aliphatic heterocycles. The van der Waals surface area contributed by atoms with Crippen LogP contribution >= 0.6 is 0 Å². The van der Waals surface area contributed by atoms with Gasteiger partial charge in [0.2, 0.25) is 0 Å². The highest BCUT2D eigenvalue weighted by Crippen LogP contribution is 2.46. The van der Waals surface area contributed by atoms with Crippen molar-refractivity contribution < 1.29 is 0 Å². The zero-order chi connectivity index (χ0) is 13.4. The van der Waals surface area contributed by atoms with Crippen molar-refractivity contribution in [2.24, 2.45) is 22.7 Å². The molecular formula is C17H30. The maximum absolute atomic E-state index is 2.38. The van der Waals surface area contributed by atoms with E-state index >= 15 is 0 Å². The minimum absolute atomic E-state index is 0.264. The topological polar surface area (TPSA) is 0 Å². The summed E-state index contributed by atoms with van der Waals surface area (Å²) in [4.78, 5) is 0. The Hall–Kier alpha value is -0.520. The van der Waals surface area contributed by atoms with Gasteiger partial charge in [-0.3, -0.25) is 0 Å². The van der Waals surface area contributed by atoms with Gasteiger partial charge in [-0.05, 0) is 34.7 Å². The molecule has 1 rings (SSSR count). The summed E-state index contributed by atoms with van der Waals surface area (Å²) in [6.07, 6.45) is 5.95. The van der Waals surface area contributed by atoms with E-state index in [9.17, 15) is 0 Å². The predicted octanol–water partition coefficient (Wildman–Crippen LogP) is 5.61. The third kappa shape index (κ3) is 3.24. The zero-order valence-electron chi connectivity index (χ0n) is 13.0.